The van der Waals surface area contributed by atoms with Gasteiger partial charge >= 0.3 is 5.97 Å². The molecule has 0 spiro atoms. The Hall–Kier alpha value is -1.78. The number of carboxylic acid groups (broad SMARTS) is 1. The monoisotopic (exact) mass is 237 g/mol. The second kappa shape index (κ2) is 4.61. The van der Waals surface area contributed by atoms with Gasteiger partial charge in [-0.2, -0.15) is 0 Å². The van der Waals surface area contributed by atoms with E-state index in [-0.39, 0.29) is 24.1 Å². The predicted molar refractivity (Wildman–Crippen MR) is 59.7 cm³/mol. The Morgan fingerprint density at radius 2 is 2.24 bits per heavy atom. The molecule has 1 unspecified atom stereocenters. The molecule has 0 aromatic carbocycles. The van der Waals surface area contributed by atoms with Gasteiger partial charge in [-0.25, -0.2) is 0 Å². The third-order valence-corrected chi connectivity index (χ3v) is 2.87. The van der Waals surface area contributed by atoms with Gasteiger partial charge in [-0.1, -0.05) is 0 Å². The summed E-state index contributed by atoms with van der Waals surface area (Å²) in [6.45, 7) is 1.76. The van der Waals surface area contributed by atoms with Crippen molar-refractivity contribution in [2.45, 2.75) is 32.2 Å². The summed E-state index contributed by atoms with van der Waals surface area (Å²) < 4.78 is 5.19. The van der Waals surface area contributed by atoms with Gasteiger partial charge in [0.2, 0.25) is 0 Å². The van der Waals surface area contributed by atoms with Crippen LogP contribution in [0.3, 0.4) is 0 Å². The number of hydrogen-bond acceptors (Lipinski definition) is 3. The molecule has 1 fully saturated rings. The summed E-state index contributed by atoms with van der Waals surface area (Å²) in [7, 11) is 0. The van der Waals surface area contributed by atoms with Crippen LogP contribution >= 0.6 is 0 Å². The average Bonchev–Trinajstić information content (AvgIpc) is 2.99. The van der Waals surface area contributed by atoms with Gasteiger partial charge in [-0.3, -0.25) is 9.59 Å². The summed E-state index contributed by atoms with van der Waals surface area (Å²) in [5.74, 6) is -0.0323. The molecular formula is C12H15NO4. The van der Waals surface area contributed by atoms with Crippen LogP contribution in [0.1, 0.15) is 35.6 Å². The highest BCUT2D eigenvalue weighted by molar-refractivity contribution is 5.92. The van der Waals surface area contributed by atoms with Gasteiger partial charge in [0.1, 0.15) is 5.76 Å². The summed E-state index contributed by atoms with van der Waals surface area (Å²) >= 11 is 0. The fraction of sp³-hybridized carbons (Fsp3) is 0.500. The normalized spacial score (nSPS) is 16.5. The van der Waals surface area contributed by atoms with Crippen molar-refractivity contribution in [3.05, 3.63) is 23.7 Å². The smallest absolute Gasteiger partial charge is 0.305 e. The van der Waals surface area contributed by atoms with E-state index in [0.29, 0.717) is 11.7 Å². The molecule has 92 valence electrons. The first kappa shape index (κ1) is 11.7. The van der Waals surface area contributed by atoms with Crippen molar-refractivity contribution in [1.29, 1.82) is 0 Å². The third-order valence-electron chi connectivity index (χ3n) is 2.87. The van der Waals surface area contributed by atoms with Gasteiger partial charge in [-0.05, 0) is 37.8 Å². The molecule has 5 nitrogen and oxygen atoms in total. The van der Waals surface area contributed by atoms with Crippen LogP contribution in [0.15, 0.2) is 16.5 Å². The van der Waals surface area contributed by atoms with E-state index in [0.717, 1.165) is 12.8 Å². The van der Waals surface area contributed by atoms with Crippen LogP contribution in [-0.2, 0) is 4.79 Å². The van der Waals surface area contributed by atoms with Crippen LogP contribution in [0.4, 0.5) is 0 Å². The second-order valence-electron chi connectivity index (χ2n) is 4.43. The van der Waals surface area contributed by atoms with Crippen LogP contribution in [0.5, 0.6) is 0 Å². The minimum atomic E-state index is -0.891. The molecule has 1 aromatic heterocycles. The lowest BCUT2D eigenvalue weighted by atomic mass is 10.1. The molecule has 1 aliphatic rings. The highest BCUT2D eigenvalue weighted by Crippen LogP contribution is 2.34. The molecule has 5 heteroatoms. The topological polar surface area (TPSA) is 79.5 Å². The number of aliphatic carboxylic acids is 1. The van der Waals surface area contributed by atoms with Crippen LogP contribution in [0.2, 0.25) is 0 Å². The molecule has 1 heterocycles. The molecule has 0 saturated heterocycles. The van der Waals surface area contributed by atoms with Crippen LogP contribution < -0.4 is 5.32 Å². The SMILES string of the molecule is Cc1ccc(C(=O)NC(CC(=O)O)C2CC2)o1. The Bertz CT molecular complexity index is 433. The molecule has 1 aromatic rings. The number of furan rings is 1. The largest absolute Gasteiger partial charge is 0.481 e. The van der Waals surface area contributed by atoms with E-state index < -0.39 is 5.97 Å². The van der Waals surface area contributed by atoms with E-state index in [9.17, 15) is 9.59 Å². The number of carbonyl (C=O) groups excluding carboxylic acids is 1. The molecule has 1 saturated carbocycles. The van der Waals surface area contributed by atoms with Gasteiger partial charge in [0, 0.05) is 6.04 Å². The van der Waals surface area contributed by atoms with Crippen molar-refractivity contribution in [2.24, 2.45) is 5.92 Å². The zero-order chi connectivity index (χ0) is 12.4. The first-order valence-corrected chi connectivity index (χ1v) is 5.65. The molecule has 2 rings (SSSR count). The Balaban J connectivity index is 1.97. The van der Waals surface area contributed by atoms with Crippen LogP contribution in [0, 0.1) is 12.8 Å². The van der Waals surface area contributed by atoms with Gasteiger partial charge in [-0.15, -0.1) is 0 Å². The number of carboxylic acids is 1. The predicted octanol–water partition coefficient (Wildman–Crippen LogP) is 1.57. The first-order valence-electron chi connectivity index (χ1n) is 5.65. The van der Waals surface area contributed by atoms with Crippen molar-refractivity contribution in [3.63, 3.8) is 0 Å². The molecule has 17 heavy (non-hydrogen) atoms. The lowest BCUT2D eigenvalue weighted by Crippen LogP contribution is -2.37. The van der Waals surface area contributed by atoms with Gasteiger partial charge < -0.3 is 14.8 Å². The summed E-state index contributed by atoms with van der Waals surface area (Å²) in [6, 6.07) is 3.01. The first-order chi connectivity index (χ1) is 8.06. The molecule has 0 bridgehead atoms. The van der Waals surface area contributed by atoms with Gasteiger partial charge in [0.05, 0.1) is 6.42 Å². The van der Waals surface area contributed by atoms with E-state index in [4.69, 9.17) is 9.52 Å². The van der Waals surface area contributed by atoms with Gasteiger partial charge in [0.15, 0.2) is 5.76 Å². The lowest BCUT2D eigenvalue weighted by Gasteiger charge is -2.14. The fourth-order valence-electron chi connectivity index (χ4n) is 1.82. The molecular weight excluding hydrogens is 222 g/mol. The Morgan fingerprint density at radius 3 is 2.71 bits per heavy atom. The number of carbonyl (C=O) groups is 2. The van der Waals surface area contributed by atoms with Crippen molar-refractivity contribution >= 4 is 11.9 Å². The van der Waals surface area contributed by atoms with Crippen molar-refractivity contribution in [1.82, 2.24) is 5.32 Å². The van der Waals surface area contributed by atoms with E-state index in [2.05, 4.69) is 5.32 Å². The van der Waals surface area contributed by atoms with E-state index >= 15 is 0 Å². The zero-order valence-electron chi connectivity index (χ0n) is 9.60. The quantitative estimate of drug-likeness (QED) is 0.814. The molecule has 2 N–H and O–H groups in total. The Kier molecular flexibility index (Phi) is 3.17. The maximum absolute atomic E-state index is 11.8. The fourth-order valence-corrected chi connectivity index (χ4v) is 1.82. The minimum Gasteiger partial charge on any atom is -0.481 e. The Morgan fingerprint density at radius 1 is 1.53 bits per heavy atom. The zero-order valence-corrected chi connectivity index (χ0v) is 9.60. The standard InChI is InChI=1S/C12H15NO4/c1-7-2-5-10(17-7)12(16)13-9(6-11(14)15)8-3-4-8/h2,5,8-9H,3-4,6H2,1H3,(H,13,16)(H,14,15). The number of hydrogen-bond donors (Lipinski definition) is 2. The van der Waals surface area contributed by atoms with Crippen molar-refractivity contribution < 1.29 is 19.1 Å². The number of aryl methyl sites for hydroxylation is 1. The number of rotatable bonds is 5. The average molecular weight is 237 g/mol. The molecule has 0 aliphatic heterocycles. The summed E-state index contributed by atoms with van der Waals surface area (Å²) in [5, 5.41) is 11.5. The molecule has 1 atom stereocenters. The highest BCUT2D eigenvalue weighted by Gasteiger charge is 2.34. The number of amides is 1. The molecule has 1 amide bonds. The maximum Gasteiger partial charge on any atom is 0.305 e. The third kappa shape index (κ3) is 3.09. The molecule has 1 aliphatic carbocycles. The van der Waals surface area contributed by atoms with Crippen molar-refractivity contribution in [2.75, 3.05) is 0 Å². The molecule has 0 radical (unpaired) electrons. The lowest BCUT2D eigenvalue weighted by molar-refractivity contribution is -0.137. The van der Waals surface area contributed by atoms with E-state index in [1.807, 2.05) is 0 Å². The summed E-state index contributed by atoms with van der Waals surface area (Å²) in [6.07, 6.45) is 1.93. The second-order valence-corrected chi connectivity index (χ2v) is 4.43. The van der Waals surface area contributed by atoms with Crippen molar-refractivity contribution in [3.8, 4) is 0 Å². The van der Waals surface area contributed by atoms with E-state index in [1.54, 1.807) is 19.1 Å². The minimum absolute atomic E-state index is 0.0316. The maximum atomic E-state index is 11.8. The van der Waals surface area contributed by atoms with Crippen LogP contribution in [-0.4, -0.2) is 23.0 Å². The summed E-state index contributed by atoms with van der Waals surface area (Å²) in [4.78, 5) is 22.5. The van der Waals surface area contributed by atoms with Crippen LogP contribution in [0.25, 0.3) is 0 Å². The van der Waals surface area contributed by atoms with E-state index in [1.165, 1.54) is 0 Å². The van der Waals surface area contributed by atoms with Gasteiger partial charge in [0.25, 0.3) is 5.91 Å². The number of nitrogens with one attached hydrogen (secondary N) is 1. The summed E-state index contributed by atoms with van der Waals surface area (Å²) in [5.41, 5.74) is 0. The Labute approximate surface area is 98.8 Å². The highest BCUT2D eigenvalue weighted by atomic mass is 16.4.